The molecule has 6 heteroatoms. The summed E-state index contributed by atoms with van der Waals surface area (Å²) in [4.78, 5) is 12.3. The summed E-state index contributed by atoms with van der Waals surface area (Å²) in [5.41, 5.74) is 0.957. The molecule has 23 heavy (non-hydrogen) atoms. The molecule has 2 rings (SSSR count). The Morgan fingerprint density at radius 3 is 2.00 bits per heavy atom. The van der Waals surface area contributed by atoms with E-state index in [9.17, 15) is 13.2 Å². The van der Waals surface area contributed by atoms with Crippen molar-refractivity contribution in [2.24, 2.45) is 0 Å². The van der Waals surface area contributed by atoms with Crippen molar-refractivity contribution in [1.82, 2.24) is 10.0 Å². The van der Waals surface area contributed by atoms with Crippen LogP contribution in [0.3, 0.4) is 0 Å². The molecule has 0 aliphatic rings. The second-order valence-electron chi connectivity index (χ2n) is 5.30. The van der Waals surface area contributed by atoms with E-state index >= 15 is 0 Å². The van der Waals surface area contributed by atoms with Crippen molar-refractivity contribution < 1.29 is 13.2 Å². The zero-order valence-electron chi connectivity index (χ0n) is 13.1. The van der Waals surface area contributed by atoms with Gasteiger partial charge >= 0.3 is 0 Å². The molecule has 0 heterocycles. The summed E-state index contributed by atoms with van der Waals surface area (Å²) in [6, 6.07) is 16.4. The number of hydrogen-bond donors (Lipinski definition) is 2. The molecule has 2 N–H and O–H groups in total. The first kappa shape index (κ1) is 17.2. The van der Waals surface area contributed by atoms with Crippen molar-refractivity contribution in [2.75, 3.05) is 0 Å². The molecule has 0 saturated carbocycles. The lowest BCUT2D eigenvalue weighted by Crippen LogP contribution is -2.45. The molecule has 2 atom stereocenters. The Balaban J connectivity index is 2.00. The molecule has 0 aliphatic carbocycles. The molecule has 0 bridgehead atoms. The highest BCUT2D eigenvalue weighted by Crippen LogP contribution is 2.12. The van der Waals surface area contributed by atoms with Crippen LogP contribution in [0.2, 0.25) is 0 Å². The Labute approximate surface area is 136 Å². The van der Waals surface area contributed by atoms with Crippen molar-refractivity contribution in [1.29, 1.82) is 0 Å². The van der Waals surface area contributed by atoms with Crippen molar-refractivity contribution in [3.8, 4) is 0 Å². The van der Waals surface area contributed by atoms with E-state index in [0.29, 0.717) is 0 Å². The number of rotatable bonds is 6. The van der Waals surface area contributed by atoms with Crippen LogP contribution < -0.4 is 10.0 Å². The second kappa shape index (κ2) is 7.39. The third kappa shape index (κ3) is 4.64. The van der Waals surface area contributed by atoms with Gasteiger partial charge in [-0.25, -0.2) is 8.42 Å². The van der Waals surface area contributed by atoms with Gasteiger partial charge in [-0.3, -0.25) is 4.79 Å². The maximum atomic E-state index is 12.2. The van der Waals surface area contributed by atoms with Gasteiger partial charge in [0, 0.05) is 0 Å². The smallest absolute Gasteiger partial charge is 0.241 e. The summed E-state index contributed by atoms with van der Waals surface area (Å²) in [5.74, 6) is -0.374. The largest absolute Gasteiger partial charge is 0.348 e. The summed E-state index contributed by atoms with van der Waals surface area (Å²) in [6.45, 7) is 3.37. The van der Waals surface area contributed by atoms with E-state index in [-0.39, 0.29) is 16.8 Å². The molecule has 2 aromatic rings. The number of amides is 1. The molecule has 0 aliphatic heterocycles. The zero-order valence-corrected chi connectivity index (χ0v) is 13.9. The van der Waals surface area contributed by atoms with Gasteiger partial charge in [0.25, 0.3) is 0 Å². The Morgan fingerprint density at radius 2 is 1.43 bits per heavy atom. The van der Waals surface area contributed by atoms with Crippen LogP contribution >= 0.6 is 0 Å². The fraction of sp³-hybridized carbons (Fsp3) is 0.235. The number of hydrogen-bond acceptors (Lipinski definition) is 3. The van der Waals surface area contributed by atoms with Crippen LogP contribution in [-0.4, -0.2) is 20.4 Å². The van der Waals surface area contributed by atoms with Gasteiger partial charge in [0.05, 0.1) is 17.0 Å². The maximum Gasteiger partial charge on any atom is 0.241 e. The third-order valence-corrected chi connectivity index (χ3v) is 4.99. The van der Waals surface area contributed by atoms with Crippen LogP contribution in [0.1, 0.15) is 25.5 Å². The van der Waals surface area contributed by atoms with Gasteiger partial charge in [0.1, 0.15) is 0 Å². The highest BCUT2D eigenvalue weighted by Gasteiger charge is 2.22. The van der Waals surface area contributed by atoms with E-state index in [4.69, 9.17) is 0 Å². The molecule has 0 unspecified atom stereocenters. The van der Waals surface area contributed by atoms with Crippen molar-refractivity contribution in [3.05, 3.63) is 66.2 Å². The first-order valence-electron chi connectivity index (χ1n) is 7.33. The second-order valence-corrected chi connectivity index (χ2v) is 7.01. The highest BCUT2D eigenvalue weighted by atomic mass is 32.2. The van der Waals surface area contributed by atoms with E-state index in [2.05, 4.69) is 10.0 Å². The molecular weight excluding hydrogens is 312 g/mol. The summed E-state index contributed by atoms with van der Waals surface area (Å²) >= 11 is 0. The molecule has 122 valence electrons. The Morgan fingerprint density at radius 1 is 0.913 bits per heavy atom. The first-order valence-corrected chi connectivity index (χ1v) is 8.81. The van der Waals surface area contributed by atoms with E-state index < -0.39 is 16.1 Å². The van der Waals surface area contributed by atoms with Crippen LogP contribution in [0, 0.1) is 0 Å². The number of carbonyl (C=O) groups is 1. The Bertz CT molecular complexity index is 746. The average Bonchev–Trinajstić information content (AvgIpc) is 2.56. The van der Waals surface area contributed by atoms with Crippen LogP contribution in [0.25, 0.3) is 0 Å². The van der Waals surface area contributed by atoms with Crippen molar-refractivity contribution >= 4 is 15.9 Å². The number of carbonyl (C=O) groups excluding carboxylic acids is 1. The molecule has 0 aromatic heterocycles. The SMILES string of the molecule is C[C@H](NC(=O)[C@@H](C)NS(=O)(=O)c1ccccc1)c1ccccc1. The first-order chi connectivity index (χ1) is 10.9. The monoisotopic (exact) mass is 332 g/mol. The normalized spacial score (nSPS) is 14.0. The molecule has 0 spiro atoms. The van der Waals surface area contributed by atoms with Crippen molar-refractivity contribution in [3.63, 3.8) is 0 Å². The number of sulfonamides is 1. The van der Waals surface area contributed by atoms with E-state index in [1.165, 1.54) is 19.1 Å². The topological polar surface area (TPSA) is 75.3 Å². The van der Waals surface area contributed by atoms with Gasteiger partial charge < -0.3 is 5.32 Å². The van der Waals surface area contributed by atoms with E-state index in [1.807, 2.05) is 37.3 Å². The fourth-order valence-electron chi connectivity index (χ4n) is 2.12. The van der Waals surface area contributed by atoms with Crippen LogP contribution in [-0.2, 0) is 14.8 Å². The standard InChI is InChI=1S/C17H20N2O3S/c1-13(15-9-5-3-6-10-15)18-17(20)14(2)19-23(21,22)16-11-7-4-8-12-16/h3-14,19H,1-2H3,(H,18,20)/t13-,14+/m0/s1. The summed E-state index contributed by atoms with van der Waals surface area (Å²) in [6.07, 6.45) is 0. The molecule has 0 saturated heterocycles. The van der Waals surface area contributed by atoms with Gasteiger partial charge in [0.15, 0.2) is 0 Å². The Kier molecular flexibility index (Phi) is 5.52. The van der Waals surface area contributed by atoms with Crippen LogP contribution in [0.4, 0.5) is 0 Å². The lowest BCUT2D eigenvalue weighted by atomic mass is 10.1. The van der Waals surface area contributed by atoms with Gasteiger partial charge in [-0.2, -0.15) is 4.72 Å². The van der Waals surface area contributed by atoms with Gasteiger partial charge in [-0.05, 0) is 31.5 Å². The predicted molar refractivity (Wildman–Crippen MR) is 89.2 cm³/mol. The number of nitrogens with one attached hydrogen (secondary N) is 2. The van der Waals surface area contributed by atoms with Gasteiger partial charge in [0.2, 0.25) is 15.9 Å². The van der Waals surface area contributed by atoms with E-state index in [0.717, 1.165) is 5.56 Å². The lowest BCUT2D eigenvalue weighted by molar-refractivity contribution is -0.123. The summed E-state index contributed by atoms with van der Waals surface area (Å²) < 4.78 is 26.8. The molecule has 2 aromatic carbocycles. The van der Waals surface area contributed by atoms with Gasteiger partial charge in [-0.15, -0.1) is 0 Å². The van der Waals surface area contributed by atoms with Crippen LogP contribution in [0.5, 0.6) is 0 Å². The molecule has 0 radical (unpaired) electrons. The molecule has 5 nitrogen and oxygen atoms in total. The van der Waals surface area contributed by atoms with Crippen LogP contribution in [0.15, 0.2) is 65.6 Å². The Hall–Kier alpha value is -2.18. The molecule has 1 amide bonds. The minimum Gasteiger partial charge on any atom is -0.348 e. The maximum absolute atomic E-state index is 12.2. The van der Waals surface area contributed by atoms with Gasteiger partial charge in [-0.1, -0.05) is 48.5 Å². The van der Waals surface area contributed by atoms with E-state index in [1.54, 1.807) is 18.2 Å². The number of benzene rings is 2. The van der Waals surface area contributed by atoms with Crippen molar-refractivity contribution in [2.45, 2.75) is 30.8 Å². The molecular formula is C17H20N2O3S. The minimum absolute atomic E-state index is 0.135. The average molecular weight is 332 g/mol. The minimum atomic E-state index is -3.72. The summed E-state index contributed by atoms with van der Waals surface area (Å²) in [7, 11) is -3.72. The predicted octanol–water partition coefficient (Wildman–Crippen LogP) is 2.23. The zero-order chi connectivity index (χ0) is 16.9. The highest BCUT2D eigenvalue weighted by molar-refractivity contribution is 7.89. The summed E-state index contributed by atoms with van der Waals surface area (Å²) in [5, 5.41) is 2.80. The quantitative estimate of drug-likeness (QED) is 0.852. The lowest BCUT2D eigenvalue weighted by Gasteiger charge is -2.19. The fourth-order valence-corrected chi connectivity index (χ4v) is 3.34. The third-order valence-electron chi connectivity index (χ3n) is 3.44. The molecule has 0 fully saturated rings.